The van der Waals surface area contributed by atoms with E-state index in [-0.39, 0.29) is 23.2 Å². The van der Waals surface area contributed by atoms with Crippen LogP contribution in [0.25, 0.3) is 0 Å². The van der Waals surface area contributed by atoms with Gasteiger partial charge in [0.1, 0.15) is 5.69 Å². The lowest BCUT2D eigenvalue weighted by atomic mass is 9.80. The van der Waals surface area contributed by atoms with Crippen molar-refractivity contribution < 1.29 is 14.7 Å². The van der Waals surface area contributed by atoms with Crippen LogP contribution in [0.3, 0.4) is 0 Å². The van der Waals surface area contributed by atoms with Gasteiger partial charge < -0.3 is 10.4 Å². The van der Waals surface area contributed by atoms with Crippen LogP contribution in [0.1, 0.15) is 54.0 Å². The molecule has 1 aromatic heterocycles. The second-order valence-corrected chi connectivity index (χ2v) is 5.71. The summed E-state index contributed by atoms with van der Waals surface area (Å²) in [5.74, 6) is -0.210. The third-order valence-corrected chi connectivity index (χ3v) is 3.99. The predicted molar refractivity (Wildman–Crippen MR) is 74.6 cm³/mol. The van der Waals surface area contributed by atoms with Gasteiger partial charge in [0, 0.05) is 12.2 Å². The van der Waals surface area contributed by atoms with E-state index < -0.39 is 5.97 Å². The SMILES string of the molecule is CC1CCC(NC(=O)c2cc(C(=O)O)ccn2)C(C)C1. The van der Waals surface area contributed by atoms with Gasteiger partial charge >= 0.3 is 5.97 Å². The molecule has 0 aliphatic heterocycles. The number of pyridine rings is 1. The molecule has 0 bridgehead atoms. The Morgan fingerprint density at radius 2 is 2.10 bits per heavy atom. The van der Waals surface area contributed by atoms with Gasteiger partial charge in [-0.1, -0.05) is 13.8 Å². The van der Waals surface area contributed by atoms with E-state index in [9.17, 15) is 9.59 Å². The van der Waals surface area contributed by atoms with Gasteiger partial charge in [-0.05, 0) is 43.2 Å². The molecule has 1 aliphatic rings. The summed E-state index contributed by atoms with van der Waals surface area (Å²) in [6.07, 6.45) is 4.53. The number of carboxylic acid groups (broad SMARTS) is 1. The van der Waals surface area contributed by atoms with E-state index in [2.05, 4.69) is 24.1 Å². The molecular weight excluding hydrogens is 256 g/mol. The molecule has 5 heteroatoms. The van der Waals surface area contributed by atoms with E-state index in [1.165, 1.54) is 18.3 Å². The molecule has 1 saturated carbocycles. The number of aromatic nitrogens is 1. The zero-order chi connectivity index (χ0) is 14.7. The van der Waals surface area contributed by atoms with Crippen LogP contribution in [0.15, 0.2) is 18.3 Å². The molecule has 0 spiro atoms. The van der Waals surface area contributed by atoms with Gasteiger partial charge in [0.25, 0.3) is 5.91 Å². The summed E-state index contributed by atoms with van der Waals surface area (Å²) in [6, 6.07) is 2.84. The second kappa shape index (κ2) is 6.03. The van der Waals surface area contributed by atoms with Gasteiger partial charge in [-0.3, -0.25) is 9.78 Å². The predicted octanol–water partition coefficient (Wildman–Crippen LogP) is 2.33. The number of nitrogens with zero attached hydrogens (tertiary/aromatic N) is 1. The van der Waals surface area contributed by atoms with Crippen molar-refractivity contribution in [2.24, 2.45) is 11.8 Å². The normalized spacial score (nSPS) is 26.0. The highest BCUT2D eigenvalue weighted by atomic mass is 16.4. The quantitative estimate of drug-likeness (QED) is 0.888. The molecular formula is C15H20N2O3. The van der Waals surface area contributed by atoms with Crippen molar-refractivity contribution in [3.05, 3.63) is 29.6 Å². The lowest BCUT2D eigenvalue weighted by Gasteiger charge is -2.33. The van der Waals surface area contributed by atoms with Crippen molar-refractivity contribution >= 4 is 11.9 Å². The van der Waals surface area contributed by atoms with E-state index in [4.69, 9.17) is 5.11 Å². The van der Waals surface area contributed by atoms with Gasteiger partial charge in [-0.15, -0.1) is 0 Å². The Balaban J connectivity index is 2.05. The lowest BCUT2D eigenvalue weighted by Crippen LogP contribution is -2.42. The van der Waals surface area contributed by atoms with Crippen molar-refractivity contribution in [3.63, 3.8) is 0 Å². The van der Waals surface area contributed by atoms with Crippen LogP contribution in [0.2, 0.25) is 0 Å². The van der Waals surface area contributed by atoms with Gasteiger partial charge in [0.2, 0.25) is 0 Å². The largest absolute Gasteiger partial charge is 0.478 e. The number of amides is 1. The molecule has 2 N–H and O–H groups in total. The summed E-state index contributed by atoms with van der Waals surface area (Å²) in [5, 5.41) is 11.9. The smallest absolute Gasteiger partial charge is 0.335 e. The van der Waals surface area contributed by atoms with E-state index in [0.717, 1.165) is 19.3 Å². The third-order valence-electron chi connectivity index (χ3n) is 3.99. The van der Waals surface area contributed by atoms with Crippen LogP contribution in [-0.4, -0.2) is 28.0 Å². The molecule has 20 heavy (non-hydrogen) atoms. The van der Waals surface area contributed by atoms with Crippen LogP contribution in [0.4, 0.5) is 0 Å². The fourth-order valence-corrected chi connectivity index (χ4v) is 2.81. The van der Waals surface area contributed by atoms with Crippen molar-refractivity contribution in [3.8, 4) is 0 Å². The molecule has 1 amide bonds. The number of carbonyl (C=O) groups is 2. The number of aromatic carboxylic acids is 1. The maximum absolute atomic E-state index is 12.1. The van der Waals surface area contributed by atoms with E-state index in [0.29, 0.717) is 11.8 Å². The molecule has 0 radical (unpaired) electrons. The summed E-state index contributed by atoms with van der Waals surface area (Å²) >= 11 is 0. The van der Waals surface area contributed by atoms with E-state index in [1.54, 1.807) is 0 Å². The highest BCUT2D eigenvalue weighted by Gasteiger charge is 2.27. The Morgan fingerprint density at radius 1 is 1.35 bits per heavy atom. The van der Waals surface area contributed by atoms with Crippen molar-refractivity contribution in [1.82, 2.24) is 10.3 Å². The summed E-state index contributed by atoms with van der Waals surface area (Å²) in [5.41, 5.74) is 0.242. The summed E-state index contributed by atoms with van der Waals surface area (Å²) in [6.45, 7) is 4.37. The highest BCUT2D eigenvalue weighted by Crippen LogP contribution is 2.28. The minimum Gasteiger partial charge on any atom is -0.478 e. The molecule has 3 unspecified atom stereocenters. The number of rotatable bonds is 3. The average Bonchev–Trinajstić information content (AvgIpc) is 2.42. The molecule has 0 saturated heterocycles. The van der Waals surface area contributed by atoms with Gasteiger partial charge in [-0.2, -0.15) is 0 Å². The Kier molecular flexibility index (Phi) is 4.37. The number of nitrogens with one attached hydrogen (secondary N) is 1. The van der Waals surface area contributed by atoms with Gasteiger partial charge in [0.15, 0.2) is 0 Å². The topological polar surface area (TPSA) is 79.3 Å². The summed E-state index contributed by atoms with van der Waals surface area (Å²) < 4.78 is 0. The summed E-state index contributed by atoms with van der Waals surface area (Å²) in [7, 11) is 0. The van der Waals surface area contributed by atoms with E-state index >= 15 is 0 Å². The molecule has 1 fully saturated rings. The molecule has 1 aromatic rings. The minimum atomic E-state index is -1.05. The Labute approximate surface area is 118 Å². The van der Waals surface area contributed by atoms with Crippen LogP contribution < -0.4 is 5.32 Å². The molecule has 1 heterocycles. The molecule has 108 valence electrons. The number of hydrogen-bond acceptors (Lipinski definition) is 3. The first-order chi connectivity index (χ1) is 9.47. The Bertz CT molecular complexity index is 516. The first-order valence-electron chi connectivity index (χ1n) is 6.97. The zero-order valence-electron chi connectivity index (χ0n) is 11.8. The maximum atomic E-state index is 12.1. The molecule has 3 atom stereocenters. The number of hydrogen-bond donors (Lipinski definition) is 2. The number of carboxylic acids is 1. The van der Waals surface area contributed by atoms with Crippen LogP contribution in [-0.2, 0) is 0 Å². The van der Waals surface area contributed by atoms with Gasteiger partial charge in [0.05, 0.1) is 5.56 Å². The fourth-order valence-electron chi connectivity index (χ4n) is 2.81. The lowest BCUT2D eigenvalue weighted by molar-refractivity contribution is 0.0696. The van der Waals surface area contributed by atoms with Crippen LogP contribution in [0, 0.1) is 11.8 Å². The van der Waals surface area contributed by atoms with Crippen LogP contribution >= 0.6 is 0 Å². The van der Waals surface area contributed by atoms with Crippen molar-refractivity contribution in [2.75, 3.05) is 0 Å². The summed E-state index contributed by atoms with van der Waals surface area (Å²) in [4.78, 5) is 27.0. The monoisotopic (exact) mass is 276 g/mol. The molecule has 5 nitrogen and oxygen atoms in total. The minimum absolute atomic E-state index is 0.0791. The van der Waals surface area contributed by atoms with E-state index in [1.807, 2.05) is 0 Å². The second-order valence-electron chi connectivity index (χ2n) is 5.71. The molecule has 2 rings (SSSR count). The molecule has 1 aliphatic carbocycles. The third kappa shape index (κ3) is 3.35. The highest BCUT2D eigenvalue weighted by molar-refractivity contribution is 5.95. The van der Waals surface area contributed by atoms with Crippen molar-refractivity contribution in [1.29, 1.82) is 0 Å². The fraction of sp³-hybridized carbons (Fsp3) is 0.533. The average molecular weight is 276 g/mol. The first-order valence-corrected chi connectivity index (χ1v) is 6.97. The zero-order valence-corrected chi connectivity index (χ0v) is 11.8. The Hall–Kier alpha value is -1.91. The molecule has 0 aromatic carbocycles. The van der Waals surface area contributed by atoms with Crippen LogP contribution in [0.5, 0.6) is 0 Å². The number of carbonyl (C=O) groups excluding carboxylic acids is 1. The standard InChI is InChI=1S/C15H20N2O3/c1-9-3-4-12(10(2)7-9)17-14(18)13-8-11(15(19)20)5-6-16-13/h5-6,8-10,12H,3-4,7H2,1-2H3,(H,17,18)(H,19,20). The first kappa shape index (κ1) is 14.5. The van der Waals surface area contributed by atoms with Gasteiger partial charge in [-0.25, -0.2) is 4.79 Å². The van der Waals surface area contributed by atoms with Crippen molar-refractivity contribution in [2.45, 2.75) is 39.2 Å². The maximum Gasteiger partial charge on any atom is 0.335 e. The Morgan fingerprint density at radius 3 is 2.75 bits per heavy atom.